The first kappa shape index (κ1) is 11.3. The molecule has 3 rings (SSSR count). The molecule has 1 heterocycles. The minimum atomic E-state index is 0.304. The molecule has 1 aliphatic carbocycles. The smallest absolute Gasteiger partial charge is 0.113 e. The van der Waals surface area contributed by atoms with Crippen LogP contribution in [0.2, 0.25) is 0 Å². The minimum Gasteiger partial charge on any atom is -0.341 e. The first-order chi connectivity index (χ1) is 8.25. The van der Waals surface area contributed by atoms with Crippen molar-refractivity contribution in [3.05, 3.63) is 28.5 Å². The molecular formula is C14H17BrN2. The van der Waals surface area contributed by atoms with Crippen LogP contribution in [-0.4, -0.2) is 9.97 Å². The van der Waals surface area contributed by atoms with E-state index in [9.17, 15) is 0 Å². The summed E-state index contributed by atoms with van der Waals surface area (Å²) in [4.78, 5) is 8.36. The van der Waals surface area contributed by atoms with Gasteiger partial charge in [0, 0.05) is 9.89 Å². The average Bonchev–Trinajstić information content (AvgIpc) is 2.96. The van der Waals surface area contributed by atoms with Gasteiger partial charge in [-0.15, -0.1) is 0 Å². The number of nitrogens with one attached hydrogen (secondary N) is 1. The molecule has 2 nitrogen and oxygen atoms in total. The van der Waals surface area contributed by atoms with Crippen LogP contribution in [0.25, 0.3) is 11.0 Å². The van der Waals surface area contributed by atoms with Gasteiger partial charge >= 0.3 is 0 Å². The monoisotopic (exact) mass is 292 g/mol. The quantitative estimate of drug-likeness (QED) is 0.864. The number of benzene rings is 1. The Bertz CT molecular complexity index is 538. The molecule has 17 heavy (non-hydrogen) atoms. The highest BCUT2D eigenvalue weighted by atomic mass is 79.9. The Morgan fingerprint density at radius 3 is 2.76 bits per heavy atom. The molecule has 3 heteroatoms. The minimum absolute atomic E-state index is 0.304. The topological polar surface area (TPSA) is 28.7 Å². The number of hydrogen-bond acceptors (Lipinski definition) is 1. The predicted molar refractivity (Wildman–Crippen MR) is 74.2 cm³/mol. The van der Waals surface area contributed by atoms with Crippen molar-refractivity contribution in [2.75, 3.05) is 0 Å². The van der Waals surface area contributed by atoms with E-state index in [4.69, 9.17) is 4.98 Å². The van der Waals surface area contributed by atoms with Crippen LogP contribution in [0.5, 0.6) is 0 Å². The maximum atomic E-state index is 4.83. The Balaban J connectivity index is 2.14. The van der Waals surface area contributed by atoms with Gasteiger partial charge in [0.2, 0.25) is 0 Å². The lowest BCUT2D eigenvalue weighted by Gasteiger charge is -2.24. The number of halogens is 1. The summed E-state index contributed by atoms with van der Waals surface area (Å²) < 4.78 is 1.08. The molecule has 0 aliphatic heterocycles. The third-order valence-electron chi connectivity index (χ3n) is 4.20. The van der Waals surface area contributed by atoms with Crippen LogP contribution in [0, 0.1) is 0 Å². The zero-order valence-corrected chi connectivity index (χ0v) is 11.7. The molecule has 1 aromatic carbocycles. The summed E-state index contributed by atoms with van der Waals surface area (Å²) in [6.45, 7) is 2.29. The summed E-state index contributed by atoms with van der Waals surface area (Å²) >= 11 is 3.58. The van der Waals surface area contributed by atoms with Crippen molar-refractivity contribution in [1.82, 2.24) is 9.97 Å². The molecule has 1 aliphatic rings. The zero-order chi connectivity index (χ0) is 11.9. The fraction of sp³-hybridized carbons (Fsp3) is 0.500. The van der Waals surface area contributed by atoms with Gasteiger partial charge in [-0.05, 0) is 47.3 Å². The first-order valence-electron chi connectivity index (χ1n) is 6.40. The highest BCUT2D eigenvalue weighted by Crippen LogP contribution is 2.43. The van der Waals surface area contributed by atoms with E-state index < -0.39 is 0 Å². The molecule has 1 fully saturated rings. The van der Waals surface area contributed by atoms with Crippen molar-refractivity contribution in [3.8, 4) is 0 Å². The van der Waals surface area contributed by atoms with E-state index in [2.05, 4.69) is 46.0 Å². The number of para-hydroxylation sites is 1. The summed E-state index contributed by atoms with van der Waals surface area (Å²) in [7, 11) is 0. The highest BCUT2D eigenvalue weighted by Gasteiger charge is 2.36. The van der Waals surface area contributed by atoms with Gasteiger partial charge in [-0.3, -0.25) is 0 Å². The SMILES string of the molecule is CCC1(c2nc3c(Br)cccc3[nH]2)CCCC1. The van der Waals surface area contributed by atoms with Crippen LogP contribution < -0.4 is 0 Å². The van der Waals surface area contributed by atoms with Crippen LogP contribution in [-0.2, 0) is 5.41 Å². The van der Waals surface area contributed by atoms with E-state index >= 15 is 0 Å². The van der Waals surface area contributed by atoms with E-state index in [1.807, 2.05) is 0 Å². The van der Waals surface area contributed by atoms with Crippen molar-refractivity contribution in [3.63, 3.8) is 0 Å². The van der Waals surface area contributed by atoms with E-state index in [-0.39, 0.29) is 0 Å². The number of hydrogen-bond donors (Lipinski definition) is 1. The normalized spacial score (nSPS) is 18.9. The summed E-state index contributed by atoms with van der Waals surface area (Å²) in [6, 6.07) is 6.22. The number of fused-ring (bicyclic) bond motifs is 1. The van der Waals surface area contributed by atoms with Crippen LogP contribution in [0.15, 0.2) is 22.7 Å². The molecule has 0 radical (unpaired) electrons. The molecule has 0 amide bonds. The number of nitrogens with zero attached hydrogens (tertiary/aromatic N) is 1. The number of H-pyrrole nitrogens is 1. The number of aromatic amines is 1. The maximum Gasteiger partial charge on any atom is 0.113 e. The molecule has 90 valence electrons. The second kappa shape index (κ2) is 4.13. The summed E-state index contributed by atoms with van der Waals surface area (Å²) in [5.74, 6) is 1.19. The lowest BCUT2D eigenvalue weighted by atomic mass is 9.83. The summed E-state index contributed by atoms with van der Waals surface area (Å²) in [5, 5.41) is 0. The van der Waals surface area contributed by atoms with Crippen molar-refractivity contribution in [2.24, 2.45) is 0 Å². The predicted octanol–water partition coefficient (Wildman–Crippen LogP) is 4.55. The second-order valence-corrected chi connectivity index (χ2v) is 5.92. The zero-order valence-electron chi connectivity index (χ0n) is 10.1. The van der Waals surface area contributed by atoms with Gasteiger partial charge in [0.25, 0.3) is 0 Å². The molecule has 0 atom stereocenters. The van der Waals surface area contributed by atoms with Crippen LogP contribution in [0.4, 0.5) is 0 Å². The van der Waals surface area contributed by atoms with Gasteiger partial charge in [0.15, 0.2) is 0 Å². The van der Waals surface area contributed by atoms with Crippen LogP contribution in [0.1, 0.15) is 44.9 Å². The van der Waals surface area contributed by atoms with E-state index in [0.29, 0.717) is 5.41 Å². The average molecular weight is 293 g/mol. The molecule has 0 bridgehead atoms. The lowest BCUT2D eigenvalue weighted by Crippen LogP contribution is -2.22. The molecule has 1 saturated carbocycles. The molecule has 2 aromatic rings. The molecular weight excluding hydrogens is 276 g/mol. The van der Waals surface area contributed by atoms with Crippen molar-refractivity contribution in [1.29, 1.82) is 0 Å². The Morgan fingerprint density at radius 2 is 2.12 bits per heavy atom. The molecule has 0 saturated heterocycles. The van der Waals surface area contributed by atoms with Gasteiger partial charge in [0.1, 0.15) is 11.3 Å². The van der Waals surface area contributed by atoms with Crippen LogP contribution in [0.3, 0.4) is 0 Å². The molecule has 0 spiro atoms. The Labute approximate surface area is 110 Å². The standard InChI is InChI=1S/C14H17BrN2/c1-2-14(8-3-4-9-14)13-16-11-7-5-6-10(15)12(11)17-13/h5-7H,2-4,8-9H2,1H3,(H,16,17). The van der Waals surface area contributed by atoms with Gasteiger partial charge in [-0.1, -0.05) is 25.8 Å². The van der Waals surface area contributed by atoms with Gasteiger partial charge in [-0.25, -0.2) is 4.98 Å². The Morgan fingerprint density at radius 1 is 1.35 bits per heavy atom. The second-order valence-electron chi connectivity index (χ2n) is 5.06. The fourth-order valence-corrected chi connectivity index (χ4v) is 3.51. The molecule has 1 aromatic heterocycles. The van der Waals surface area contributed by atoms with Crippen molar-refractivity contribution >= 4 is 27.0 Å². The van der Waals surface area contributed by atoms with Crippen molar-refractivity contribution in [2.45, 2.75) is 44.4 Å². The largest absolute Gasteiger partial charge is 0.341 e. The molecule has 0 unspecified atom stereocenters. The van der Waals surface area contributed by atoms with E-state index in [0.717, 1.165) is 15.5 Å². The third kappa shape index (κ3) is 1.71. The lowest BCUT2D eigenvalue weighted by molar-refractivity contribution is 0.403. The first-order valence-corrected chi connectivity index (χ1v) is 7.19. The maximum absolute atomic E-state index is 4.83. The number of imidazole rings is 1. The van der Waals surface area contributed by atoms with Crippen molar-refractivity contribution < 1.29 is 0 Å². The van der Waals surface area contributed by atoms with Gasteiger partial charge < -0.3 is 4.98 Å². The van der Waals surface area contributed by atoms with Crippen LogP contribution >= 0.6 is 15.9 Å². The number of rotatable bonds is 2. The number of aromatic nitrogens is 2. The summed E-state index contributed by atoms with van der Waals surface area (Å²) in [6.07, 6.45) is 6.42. The third-order valence-corrected chi connectivity index (χ3v) is 4.84. The van der Waals surface area contributed by atoms with E-state index in [1.165, 1.54) is 37.9 Å². The molecule has 1 N–H and O–H groups in total. The Kier molecular flexibility index (Phi) is 2.74. The fourth-order valence-electron chi connectivity index (χ4n) is 3.06. The van der Waals surface area contributed by atoms with E-state index in [1.54, 1.807) is 0 Å². The van der Waals surface area contributed by atoms with Gasteiger partial charge in [0.05, 0.1) is 5.52 Å². The highest BCUT2D eigenvalue weighted by molar-refractivity contribution is 9.10. The Hall–Kier alpha value is -0.830. The van der Waals surface area contributed by atoms with Gasteiger partial charge in [-0.2, -0.15) is 0 Å². The summed E-state index contributed by atoms with van der Waals surface area (Å²) in [5.41, 5.74) is 2.52.